The third kappa shape index (κ3) is 8.50. The molecule has 0 radical (unpaired) electrons. The predicted molar refractivity (Wildman–Crippen MR) is 86.5 cm³/mol. The summed E-state index contributed by atoms with van der Waals surface area (Å²) in [5.74, 6) is 0.589. The molecule has 0 saturated heterocycles. The van der Waals surface area contributed by atoms with E-state index in [4.69, 9.17) is 14.2 Å². The van der Waals surface area contributed by atoms with E-state index in [1.165, 1.54) is 6.08 Å². The van der Waals surface area contributed by atoms with Gasteiger partial charge in [-0.15, -0.1) is 0 Å². The Morgan fingerprint density at radius 1 is 1.09 bits per heavy atom. The van der Waals surface area contributed by atoms with Gasteiger partial charge in [0.1, 0.15) is 18.1 Å². The third-order valence-electron chi connectivity index (χ3n) is 2.58. The molecular formula is C17H23NO5. The molecule has 126 valence electrons. The zero-order chi connectivity index (χ0) is 17.1. The lowest BCUT2D eigenvalue weighted by Crippen LogP contribution is -2.31. The van der Waals surface area contributed by atoms with Gasteiger partial charge < -0.3 is 19.5 Å². The summed E-state index contributed by atoms with van der Waals surface area (Å²) in [5.41, 5.74) is 0.819. The number of amides is 1. The van der Waals surface area contributed by atoms with Crippen LogP contribution in [0.3, 0.4) is 0 Å². The van der Waals surface area contributed by atoms with Gasteiger partial charge in [-0.2, -0.15) is 0 Å². The Bertz CT molecular complexity index is 532. The highest BCUT2D eigenvalue weighted by atomic mass is 16.5. The summed E-state index contributed by atoms with van der Waals surface area (Å²) in [4.78, 5) is 22.7. The first-order valence-electron chi connectivity index (χ1n) is 7.45. The molecule has 0 heterocycles. The zero-order valence-corrected chi connectivity index (χ0v) is 13.8. The first kappa shape index (κ1) is 18.5. The molecule has 0 unspecified atom stereocenters. The maximum Gasteiger partial charge on any atom is 0.331 e. The minimum absolute atomic E-state index is 0.300. The standard InChI is InChI=1S/C17H23NO5/c1-4-21-14-5-7-15(8-6-14)22-10-9-18-16(19)12-23-17(20)11-13(2)3/h5-8,11H,4,9-10,12H2,1-3H3,(H,18,19). The van der Waals surface area contributed by atoms with Crippen LogP contribution >= 0.6 is 0 Å². The molecule has 0 aromatic heterocycles. The van der Waals surface area contributed by atoms with Crippen LogP contribution in [-0.4, -0.2) is 38.2 Å². The maximum atomic E-state index is 11.5. The molecule has 1 rings (SSSR count). The monoisotopic (exact) mass is 321 g/mol. The highest BCUT2D eigenvalue weighted by Gasteiger charge is 2.05. The van der Waals surface area contributed by atoms with Gasteiger partial charge in [0, 0.05) is 6.08 Å². The maximum absolute atomic E-state index is 11.5. The molecule has 23 heavy (non-hydrogen) atoms. The van der Waals surface area contributed by atoms with E-state index >= 15 is 0 Å². The smallest absolute Gasteiger partial charge is 0.331 e. The van der Waals surface area contributed by atoms with E-state index in [2.05, 4.69) is 5.32 Å². The van der Waals surface area contributed by atoms with Gasteiger partial charge in [0.2, 0.25) is 0 Å². The first-order valence-corrected chi connectivity index (χ1v) is 7.45. The molecule has 1 N–H and O–H groups in total. The molecule has 1 amide bonds. The van der Waals surface area contributed by atoms with Crippen LogP contribution in [0, 0.1) is 0 Å². The number of hydrogen-bond donors (Lipinski definition) is 1. The van der Waals surface area contributed by atoms with Crippen molar-refractivity contribution < 1.29 is 23.8 Å². The van der Waals surface area contributed by atoms with Crippen molar-refractivity contribution in [3.63, 3.8) is 0 Å². The van der Waals surface area contributed by atoms with Gasteiger partial charge in [0.15, 0.2) is 6.61 Å². The quantitative estimate of drug-likeness (QED) is 0.428. The summed E-state index contributed by atoms with van der Waals surface area (Å²) in [6, 6.07) is 7.24. The van der Waals surface area contributed by atoms with Gasteiger partial charge in [0.25, 0.3) is 5.91 Å². The molecule has 0 aliphatic carbocycles. The van der Waals surface area contributed by atoms with Crippen LogP contribution in [0.5, 0.6) is 11.5 Å². The van der Waals surface area contributed by atoms with E-state index in [0.717, 1.165) is 11.3 Å². The van der Waals surface area contributed by atoms with Gasteiger partial charge in [0.05, 0.1) is 13.2 Å². The van der Waals surface area contributed by atoms with Crippen LogP contribution in [0.4, 0.5) is 0 Å². The van der Waals surface area contributed by atoms with E-state index in [1.54, 1.807) is 26.0 Å². The van der Waals surface area contributed by atoms with E-state index in [9.17, 15) is 9.59 Å². The van der Waals surface area contributed by atoms with Gasteiger partial charge in [-0.05, 0) is 45.0 Å². The lowest BCUT2D eigenvalue weighted by molar-refractivity contribution is -0.143. The number of benzene rings is 1. The number of esters is 1. The van der Waals surface area contributed by atoms with E-state index in [0.29, 0.717) is 25.5 Å². The Balaban J connectivity index is 2.17. The second-order valence-electron chi connectivity index (χ2n) is 4.93. The SMILES string of the molecule is CCOc1ccc(OCCNC(=O)COC(=O)C=C(C)C)cc1. The predicted octanol–water partition coefficient (Wildman–Crippen LogP) is 2.09. The fourth-order valence-electron chi connectivity index (χ4n) is 1.62. The molecule has 0 bridgehead atoms. The second-order valence-corrected chi connectivity index (χ2v) is 4.93. The Kier molecular flexibility index (Phi) is 8.28. The summed E-state index contributed by atoms with van der Waals surface area (Å²) in [7, 11) is 0. The lowest BCUT2D eigenvalue weighted by atomic mass is 10.3. The molecule has 0 aliphatic heterocycles. The van der Waals surface area contributed by atoms with Crippen LogP contribution in [0.25, 0.3) is 0 Å². The second kappa shape index (κ2) is 10.3. The van der Waals surface area contributed by atoms with Crippen LogP contribution in [0.2, 0.25) is 0 Å². The van der Waals surface area contributed by atoms with Gasteiger partial charge >= 0.3 is 5.97 Å². The van der Waals surface area contributed by atoms with Gasteiger partial charge in [-0.3, -0.25) is 4.79 Å². The summed E-state index contributed by atoms with van der Waals surface area (Å²) < 4.78 is 15.6. The summed E-state index contributed by atoms with van der Waals surface area (Å²) in [5, 5.41) is 2.61. The topological polar surface area (TPSA) is 73.9 Å². The van der Waals surface area contributed by atoms with Crippen molar-refractivity contribution in [1.29, 1.82) is 0 Å². The third-order valence-corrected chi connectivity index (χ3v) is 2.58. The Hall–Kier alpha value is -2.50. The summed E-state index contributed by atoms with van der Waals surface area (Å²) >= 11 is 0. The minimum Gasteiger partial charge on any atom is -0.494 e. The lowest BCUT2D eigenvalue weighted by Gasteiger charge is -2.09. The average Bonchev–Trinajstić information content (AvgIpc) is 2.51. The van der Waals surface area contributed by atoms with E-state index in [-0.39, 0.29) is 12.5 Å². The number of allylic oxidation sites excluding steroid dienone is 1. The fraction of sp³-hybridized carbons (Fsp3) is 0.412. The van der Waals surface area contributed by atoms with Crippen molar-refractivity contribution in [2.75, 3.05) is 26.4 Å². The average molecular weight is 321 g/mol. The van der Waals surface area contributed by atoms with Crippen molar-refractivity contribution in [3.05, 3.63) is 35.9 Å². The Morgan fingerprint density at radius 3 is 2.26 bits per heavy atom. The molecule has 0 fully saturated rings. The van der Waals surface area contributed by atoms with Crippen LogP contribution in [0.1, 0.15) is 20.8 Å². The van der Waals surface area contributed by atoms with E-state index < -0.39 is 5.97 Å². The number of hydrogen-bond acceptors (Lipinski definition) is 5. The molecule has 0 saturated carbocycles. The van der Waals surface area contributed by atoms with Gasteiger partial charge in [-0.25, -0.2) is 4.79 Å². The number of nitrogens with one attached hydrogen (secondary N) is 1. The van der Waals surface area contributed by atoms with Crippen molar-refractivity contribution in [2.45, 2.75) is 20.8 Å². The molecule has 0 aliphatic rings. The van der Waals surface area contributed by atoms with E-state index in [1.807, 2.05) is 19.1 Å². The van der Waals surface area contributed by atoms with Crippen molar-refractivity contribution in [3.8, 4) is 11.5 Å². The molecule has 1 aromatic rings. The summed E-state index contributed by atoms with van der Waals surface area (Å²) in [6.45, 7) is 6.44. The minimum atomic E-state index is -0.522. The highest BCUT2D eigenvalue weighted by molar-refractivity contribution is 5.86. The van der Waals surface area contributed by atoms with Crippen LogP contribution in [0.15, 0.2) is 35.9 Å². The first-order chi connectivity index (χ1) is 11.0. The molecular weight excluding hydrogens is 298 g/mol. The number of carbonyl (C=O) groups excluding carboxylic acids is 2. The normalized spacial score (nSPS) is 9.70. The zero-order valence-electron chi connectivity index (χ0n) is 13.8. The van der Waals surface area contributed by atoms with Crippen molar-refractivity contribution in [1.82, 2.24) is 5.32 Å². The molecule has 0 spiro atoms. The fourth-order valence-corrected chi connectivity index (χ4v) is 1.62. The van der Waals surface area contributed by atoms with Crippen LogP contribution < -0.4 is 14.8 Å². The largest absolute Gasteiger partial charge is 0.494 e. The summed E-state index contributed by atoms with van der Waals surface area (Å²) in [6.07, 6.45) is 1.34. The van der Waals surface area contributed by atoms with Gasteiger partial charge in [-0.1, -0.05) is 5.57 Å². The number of carbonyl (C=O) groups is 2. The van der Waals surface area contributed by atoms with Crippen molar-refractivity contribution in [2.24, 2.45) is 0 Å². The van der Waals surface area contributed by atoms with Crippen LogP contribution in [-0.2, 0) is 14.3 Å². The molecule has 6 nitrogen and oxygen atoms in total. The highest BCUT2D eigenvalue weighted by Crippen LogP contribution is 2.17. The Labute approximate surface area is 136 Å². The molecule has 0 atom stereocenters. The van der Waals surface area contributed by atoms with Crippen molar-refractivity contribution >= 4 is 11.9 Å². The Morgan fingerprint density at radius 2 is 1.70 bits per heavy atom. The molecule has 1 aromatic carbocycles. The number of rotatable bonds is 9. The number of ether oxygens (including phenoxy) is 3. The molecule has 6 heteroatoms.